The van der Waals surface area contributed by atoms with E-state index in [0.717, 1.165) is 4.31 Å². The Kier molecular flexibility index (Phi) is 4.59. The maximum absolute atomic E-state index is 12.2. The molecular weight excluding hydrogens is 354 g/mol. The van der Waals surface area contributed by atoms with Crippen molar-refractivity contribution < 1.29 is 13.2 Å². The molecule has 0 radical (unpaired) electrons. The van der Waals surface area contributed by atoms with Crippen LogP contribution in [-0.2, 0) is 21.2 Å². The van der Waals surface area contributed by atoms with Crippen molar-refractivity contribution in [2.24, 2.45) is 0 Å². The van der Waals surface area contributed by atoms with E-state index in [1.54, 1.807) is 29.6 Å². The van der Waals surface area contributed by atoms with E-state index in [9.17, 15) is 13.2 Å². The predicted octanol–water partition coefficient (Wildman–Crippen LogP) is 1.48. The molecule has 0 bridgehead atoms. The van der Waals surface area contributed by atoms with Gasteiger partial charge in [-0.15, -0.1) is 5.10 Å². The van der Waals surface area contributed by atoms with E-state index in [1.165, 1.54) is 33.2 Å². The molecule has 26 heavy (non-hydrogen) atoms. The van der Waals surface area contributed by atoms with Crippen molar-refractivity contribution in [2.45, 2.75) is 25.2 Å². The lowest BCUT2D eigenvalue weighted by Gasteiger charge is -2.12. The molecule has 2 aromatic heterocycles. The second kappa shape index (κ2) is 6.58. The zero-order valence-corrected chi connectivity index (χ0v) is 15.8. The molecule has 8 nitrogen and oxygen atoms in total. The normalized spacial score (nSPS) is 12.0. The maximum atomic E-state index is 12.2. The molecule has 0 spiro atoms. The van der Waals surface area contributed by atoms with Gasteiger partial charge in [0.2, 0.25) is 10.0 Å². The molecule has 0 amide bonds. The SMILES string of the molecule is CC(=O)Cc1cc2nc(C)nn2c(-c2ccc(S(=O)(=O)N(C)C)cc2)n1. The fourth-order valence-corrected chi connectivity index (χ4v) is 3.47. The third-order valence-corrected chi connectivity index (χ3v) is 5.63. The van der Waals surface area contributed by atoms with Gasteiger partial charge in [-0.05, 0) is 38.1 Å². The summed E-state index contributed by atoms with van der Waals surface area (Å²) in [6.07, 6.45) is 0.197. The third kappa shape index (κ3) is 3.35. The van der Waals surface area contributed by atoms with Crippen LogP contribution >= 0.6 is 0 Å². The first-order valence-corrected chi connectivity index (χ1v) is 9.38. The lowest BCUT2D eigenvalue weighted by Crippen LogP contribution is -2.22. The van der Waals surface area contributed by atoms with Gasteiger partial charge in [-0.3, -0.25) is 4.79 Å². The molecular formula is C17H19N5O3S. The van der Waals surface area contributed by atoms with Crippen molar-refractivity contribution in [1.29, 1.82) is 0 Å². The molecule has 3 rings (SSSR count). The molecule has 9 heteroatoms. The third-order valence-electron chi connectivity index (χ3n) is 3.81. The lowest BCUT2D eigenvalue weighted by atomic mass is 10.2. The number of carbonyl (C=O) groups excluding carboxylic acids is 1. The number of benzene rings is 1. The topological polar surface area (TPSA) is 97.5 Å². The highest BCUT2D eigenvalue weighted by atomic mass is 32.2. The molecule has 0 aliphatic heterocycles. The number of rotatable bonds is 5. The zero-order chi connectivity index (χ0) is 19.1. The van der Waals surface area contributed by atoms with Crippen LogP contribution in [-0.4, -0.2) is 52.2 Å². The highest BCUT2D eigenvalue weighted by Crippen LogP contribution is 2.22. The molecule has 0 N–H and O–H groups in total. The average Bonchev–Trinajstić information content (AvgIpc) is 2.93. The minimum absolute atomic E-state index is 0.00328. The molecule has 0 atom stereocenters. The number of aryl methyl sites for hydroxylation is 1. The molecule has 0 unspecified atom stereocenters. The summed E-state index contributed by atoms with van der Waals surface area (Å²) in [4.78, 5) is 20.5. The summed E-state index contributed by atoms with van der Waals surface area (Å²) in [5.41, 5.74) is 1.87. The van der Waals surface area contributed by atoms with E-state index in [-0.39, 0.29) is 17.1 Å². The van der Waals surface area contributed by atoms with E-state index in [1.807, 2.05) is 0 Å². The largest absolute Gasteiger partial charge is 0.300 e. The smallest absolute Gasteiger partial charge is 0.242 e. The first-order valence-electron chi connectivity index (χ1n) is 7.94. The van der Waals surface area contributed by atoms with Gasteiger partial charge in [0, 0.05) is 32.1 Å². The number of carbonyl (C=O) groups is 1. The van der Waals surface area contributed by atoms with Crippen LogP contribution in [0.15, 0.2) is 35.2 Å². The number of nitrogens with zero attached hydrogens (tertiary/aromatic N) is 5. The second-order valence-corrected chi connectivity index (χ2v) is 8.34. The van der Waals surface area contributed by atoms with E-state index >= 15 is 0 Å². The quantitative estimate of drug-likeness (QED) is 0.672. The molecule has 3 aromatic rings. The average molecular weight is 373 g/mol. The van der Waals surface area contributed by atoms with Crippen LogP contribution in [0, 0.1) is 6.92 Å². The van der Waals surface area contributed by atoms with E-state index < -0.39 is 10.0 Å². The Labute approximate surface area is 151 Å². The Hall–Kier alpha value is -2.65. The van der Waals surface area contributed by atoms with Crippen LogP contribution in [0.25, 0.3) is 17.0 Å². The summed E-state index contributed by atoms with van der Waals surface area (Å²) >= 11 is 0. The number of ketones is 1. The monoisotopic (exact) mass is 373 g/mol. The minimum atomic E-state index is -3.50. The van der Waals surface area contributed by atoms with Gasteiger partial charge >= 0.3 is 0 Å². The minimum Gasteiger partial charge on any atom is -0.300 e. The summed E-state index contributed by atoms with van der Waals surface area (Å²) in [5.74, 6) is 1.09. The van der Waals surface area contributed by atoms with Crippen molar-refractivity contribution in [2.75, 3.05) is 14.1 Å². The van der Waals surface area contributed by atoms with Crippen LogP contribution in [0.5, 0.6) is 0 Å². The fraction of sp³-hybridized carbons (Fsp3) is 0.294. The number of sulfonamides is 1. The van der Waals surface area contributed by atoms with Crippen LogP contribution in [0.4, 0.5) is 0 Å². The van der Waals surface area contributed by atoms with Gasteiger partial charge < -0.3 is 0 Å². The highest BCUT2D eigenvalue weighted by Gasteiger charge is 2.18. The van der Waals surface area contributed by atoms with Crippen LogP contribution in [0.3, 0.4) is 0 Å². The van der Waals surface area contributed by atoms with Crippen molar-refractivity contribution in [1.82, 2.24) is 23.9 Å². The molecule has 0 saturated carbocycles. The standard InChI is InChI=1S/C17H19N5O3S/c1-11(23)9-14-10-16-18-12(2)20-22(16)17(19-14)13-5-7-15(8-6-13)26(24,25)21(3)4/h5-8,10H,9H2,1-4H3. The van der Waals surface area contributed by atoms with Crippen LogP contribution in [0.1, 0.15) is 18.4 Å². The Morgan fingerprint density at radius 3 is 2.38 bits per heavy atom. The van der Waals surface area contributed by atoms with Crippen molar-refractivity contribution in [3.63, 3.8) is 0 Å². The number of hydrogen-bond acceptors (Lipinski definition) is 6. The Bertz CT molecular complexity index is 1090. The molecule has 0 saturated heterocycles. The zero-order valence-electron chi connectivity index (χ0n) is 15.0. The summed E-state index contributed by atoms with van der Waals surface area (Å²) in [6, 6.07) is 8.13. The molecule has 0 aliphatic rings. The first kappa shape index (κ1) is 18.2. The van der Waals surface area contributed by atoms with E-state index in [2.05, 4.69) is 15.1 Å². The lowest BCUT2D eigenvalue weighted by molar-refractivity contribution is -0.116. The molecule has 2 heterocycles. The number of Topliss-reactive ketones (excluding diaryl/α,β-unsaturated/α-hetero) is 1. The summed E-state index contributed by atoms with van der Waals surface area (Å²) < 4.78 is 27.2. The van der Waals surface area contributed by atoms with Crippen molar-refractivity contribution in [3.8, 4) is 11.4 Å². The Morgan fingerprint density at radius 1 is 1.15 bits per heavy atom. The van der Waals surface area contributed by atoms with Crippen molar-refractivity contribution in [3.05, 3.63) is 41.9 Å². The number of aromatic nitrogens is 4. The maximum Gasteiger partial charge on any atom is 0.242 e. The van der Waals surface area contributed by atoms with Crippen molar-refractivity contribution >= 4 is 21.5 Å². The molecule has 136 valence electrons. The van der Waals surface area contributed by atoms with Crippen LogP contribution in [0.2, 0.25) is 0 Å². The van der Waals surface area contributed by atoms with Gasteiger partial charge in [0.25, 0.3) is 0 Å². The highest BCUT2D eigenvalue weighted by molar-refractivity contribution is 7.89. The van der Waals surface area contributed by atoms with Gasteiger partial charge in [0.05, 0.1) is 10.6 Å². The predicted molar refractivity (Wildman–Crippen MR) is 96.2 cm³/mol. The van der Waals surface area contributed by atoms with Gasteiger partial charge in [0.1, 0.15) is 11.6 Å². The molecule has 0 fully saturated rings. The second-order valence-electron chi connectivity index (χ2n) is 6.19. The van der Waals surface area contributed by atoms with Crippen LogP contribution < -0.4 is 0 Å². The Balaban J connectivity index is 2.13. The summed E-state index contributed by atoms with van der Waals surface area (Å²) in [5, 5.41) is 4.34. The summed E-state index contributed by atoms with van der Waals surface area (Å²) in [6.45, 7) is 3.27. The van der Waals surface area contributed by atoms with E-state index in [4.69, 9.17) is 0 Å². The molecule has 1 aromatic carbocycles. The van der Waals surface area contributed by atoms with E-state index in [0.29, 0.717) is 28.6 Å². The number of hydrogen-bond donors (Lipinski definition) is 0. The number of fused-ring (bicyclic) bond motifs is 1. The fourth-order valence-electron chi connectivity index (χ4n) is 2.56. The van der Waals surface area contributed by atoms with Gasteiger partial charge in [0.15, 0.2) is 11.5 Å². The van der Waals surface area contributed by atoms with Gasteiger partial charge in [-0.25, -0.2) is 22.7 Å². The Morgan fingerprint density at radius 2 is 1.81 bits per heavy atom. The summed E-state index contributed by atoms with van der Waals surface area (Å²) in [7, 11) is -0.537. The van der Waals surface area contributed by atoms with Gasteiger partial charge in [-0.2, -0.15) is 4.52 Å². The van der Waals surface area contributed by atoms with Gasteiger partial charge in [-0.1, -0.05) is 0 Å². The molecule has 0 aliphatic carbocycles. The first-order chi connectivity index (χ1) is 12.2.